The van der Waals surface area contributed by atoms with Crippen molar-refractivity contribution in [2.45, 2.75) is 20.4 Å². The van der Waals surface area contributed by atoms with Gasteiger partial charge in [0.15, 0.2) is 0 Å². The average molecular weight is 401 g/mol. The fourth-order valence-electron chi connectivity index (χ4n) is 3.97. The highest BCUT2D eigenvalue weighted by Gasteiger charge is 2.21. The minimum atomic E-state index is -0.353. The van der Waals surface area contributed by atoms with Crippen LogP contribution < -0.4 is 10.5 Å². The van der Waals surface area contributed by atoms with Gasteiger partial charge in [-0.1, -0.05) is 23.7 Å². The number of halogens is 2. The molecule has 1 saturated heterocycles. The molecule has 0 N–H and O–H groups in total. The first-order valence-corrected chi connectivity index (χ1v) is 9.76. The number of nitrogens with zero attached hydrogens (tertiary/aromatic N) is 2. The Morgan fingerprint density at radius 3 is 2.54 bits per heavy atom. The molecule has 2 heterocycles. The largest absolute Gasteiger partial charge is 0.423 e. The number of benzene rings is 2. The first-order valence-electron chi connectivity index (χ1n) is 9.38. The number of piperazine rings is 1. The third kappa shape index (κ3) is 3.52. The first kappa shape index (κ1) is 19.0. The lowest BCUT2D eigenvalue weighted by molar-refractivity contribution is 0.249. The lowest BCUT2D eigenvalue weighted by atomic mass is 10.0. The Hall–Kier alpha value is -2.37. The summed E-state index contributed by atoms with van der Waals surface area (Å²) in [4.78, 5) is 16.4. The van der Waals surface area contributed by atoms with Gasteiger partial charge in [0.05, 0.1) is 5.69 Å². The van der Waals surface area contributed by atoms with E-state index in [-0.39, 0.29) is 11.4 Å². The van der Waals surface area contributed by atoms with Gasteiger partial charge < -0.3 is 9.32 Å². The van der Waals surface area contributed by atoms with Crippen molar-refractivity contribution < 1.29 is 8.81 Å². The van der Waals surface area contributed by atoms with Crippen LogP contribution in [0.25, 0.3) is 11.0 Å². The summed E-state index contributed by atoms with van der Waals surface area (Å²) in [5.41, 5.74) is 3.61. The second kappa shape index (κ2) is 7.57. The van der Waals surface area contributed by atoms with E-state index in [1.54, 1.807) is 12.1 Å². The predicted octanol–water partition coefficient (Wildman–Crippen LogP) is 4.52. The van der Waals surface area contributed by atoms with E-state index in [1.165, 1.54) is 6.07 Å². The molecule has 0 unspecified atom stereocenters. The number of fused-ring (bicyclic) bond motifs is 1. The summed E-state index contributed by atoms with van der Waals surface area (Å²) in [5.74, 6) is -0.191. The smallest absolute Gasteiger partial charge is 0.336 e. The Morgan fingerprint density at radius 2 is 1.82 bits per heavy atom. The van der Waals surface area contributed by atoms with E-state index in [0.717, 1.165) is 48.3 Å². The van der Waals surface area contributed by atoms with Crippen LogP contribution in [0.3, 0.4) is 0 Å². The molecule has 0 bridgehead atoms. The van der Waals surface area contributed by atoms with Crippen LogP contribution >= 0.6 is 11.6 Å². The van der Waals surface area contributed by atoms with E-state index in [2.05, 4.69) is 9.80 Å². The van der Waals surface area contributed by atoms with Gasteiger partial charge in [-0.3, -0.25) is 4.90 Å². The standard InChI is InChI=1S/C22H22ClFN2O2/c1-14-11-19-21(15(2)22(14)23)16(12-20(27)28-19)13-25-7-9-26(10-8-25)18-6-4-3-5-17(18)24/h3-6,11-12H,7-10,13H2,1-2H3. The number of hydrogen-bond donors (Lipinski definition) is 0. The number of para-hydroxylation sites is 1. The summed E-state index contributed by atoms with van der Waals surface area (Å²) in [6.45, 7) is 7.54. The van der Waals surface area contributed by atoms with Crippen molar-refractivity contribution in [3.8, 4) is 0 Å². The fourth-order valence-corrected chi connectivity index (χ4v) is 4.12. The van der Waals surface area contributed by atoms with Gasteiger partial charge in [-0.05, 0) is 48.7 Å². The molecule has 1 fully saturated rings. The monoisotopic (exact) mass is 400 g/mol. The Bertz CT molecular complexity index is 1090. The van der Waals surface area contributed by atoms with Crippen molar-refractivity contribution >= 4 is 28.3 Å². The number of aryl methyl sites for hydroxylation is 2. The maximum atomic E-state index is 14.0. The van der Waals surface area contributed by atoms with E-state index in [0.29, 0.717) is 22.8 Å². The summed E-state index contributed by atoms with van der Waals surface area (Å²) >= 11 is 6.44. The molecule has 3 aromatic rings. The van der Waals surface area contributed by atoms with E-state index >= 15 is 0 Å². The van der Waals surface area contributed by atoms with Crippen LogP contribution in [0.2, 0.25) is 5.02 Å². The topological polar surface area (TPSA) is 36.7 Å². The third-order valence-electron chi connectivity index (χ3n) is 5.43. The van der Waals surface area contributed by atoms with Crippen molar-refractivity contribution in [2.75, 3.05) is 31.1 Å². The highest BCUT2D eigenvalue weighted by atomic mass is 35.5. The minimum Gasteiger partial charge on any atom is -0.423 e. The molecule has 1 aromatic heterocycles. The van der Waals surface area contributed by atoms with E-state index in [9.17, 15) is 9.18 Å². The minimum absolute atomic E-state index is 0.191. The Balaban J connectivity index is 1.57. The zero-order valence-corrected chi connectivity index (χ0v) is 16.7. The molecule has 4 rings (SSSR count). The summed E-state index contributed by atoms with van der Waals surface area (Å²) < 4.78 is 19.5. The van der Waals surface area contributed by atoms with E-state index < -0.39 is 0 Å². The molecule has 2 aromatic carbocycles. The van der Waals surface area contributed by atoms with Crippen molar-refractivity contribution in [2.24, 2.45) is 0 Å². The second-order valence-corrected chi connectivity index (χ2v) is 7.69. The SMILES string of the molecule is Cc1cc2oc(=O)cc(CN3CCN(c4ccccc4F)CC3)c2c(C)c1Cl. The molecule has 1 aliphatic rings. The maximum Gasteiger partial charge on any atom is 0.336 e. The Kier molecular flexibility index (Phi) is 5.13. The van der Waals surface area contributed by atoms with Gasteiger partial charge in [-0.25, -0.2) is 9.18 Å². The second-order valence-electron chi connectivity index (χ2n) is 7.31. The quantitative estimate of drug-likeness (QED) is 0.605. The Morgan fingerprint density at radius 1 is 1.11 bits per heavy atom. The predicted molar refractivity (Wildman–Crippen MR) is 111 cm³/mol. The molecule has 0 saturated carbocycles. The summed E-state index contributed by atoms with van der Waals surface area (Å²) in [7, 11) is 0. The van der Waals surface area contributed by atoms with Gasteiger partial charge in [0, 0.05) is 49.2 Å². The van der Waals surface area contributed by atoms with Gasteiger partial charge >= 0.3 is 5.63 Å². The van der Waals surface area contributed by atoms with Crippen LogP contribution in [0.4, 0.5) is 10.1 Å². The molecule has 0 atom stereocenters. The third-order valence-corrected chi connectivity index (χ3v) is 6.01. The van der Waals surface area contributed by atoms with Crippen molar-refractivity contribution in [1.29, 1.82) is 0 Å². The van der Waals surface area contributed by atoms with Crippen LogP contribution in [0.5, 0.6) is 0 Å². The molecule has 0 aliphatic carbocycles. The zero-order chi connectivity index (χ0) is 19.8. The molecule has 6 heteroatoms. The van der Waals surface area contributed by atoms with Crippen LogP contribution in [0, 0.1) is 19.7 Å². The lowest BCUT2D eigenvalue weighted by Crippen LogP contribution is -2.46. The van der Waals surface area contributed by atoms with Crippen LogP contribution in [-0.4, -0.2) is 31.1 Å². The van der Waals surface area contributed by atoms with E-state index in [4.69, 9.17) is 16.0 Å². The fraction of sp³-hybridized carbons (Fsp3) is 0.318. The summed E-state index contributed by atoms with van der Waals surface area (Å²) in [6.07, 6.45) is 0. The number of rotatable bonds is 3. The first-order chi connectivity index (χ1) is 13.4. The molecule has 0 spiro atoms. The highest BCUT2D eigenvalue weighted by molar-refractivity contribution is 6.33. The molecule has 4 nitrogen and oxygen atoms in total. The average Bonchev–Trinajstić information content (AvgIpc) is 2.67. The zero-order valence-electron chi connectivity index (χ0n) is 16.0. The van der Waals surface area contributed by atoms with Crippen LogP contribution in [0.15, 0.2) is 45.6 Å². The highest BCUT2D eigenvalue weighted by Crippen LogP contribution is 2.31. The van der Waals surface area contributed by atoms with Crippen molar-refractivity contribution in [3.63, 3.8) is 0 Å². The number of hydrogen-bond acceptors (Lipinski definition) is 4. The summed E-state index contributed by atoms with van der Waals surface area (Å²) in [5, 5.41) is 1.61. The van der Waals surface area contributed by atoms with Crippen molar-refractivity contribution in [1.82, 2.24) is 4.90 Å². The molecule has 146 valence electrons. The molecular weight excluding hydrogens is 379 g/mol. The normalized spacial score (nSPS) is 15.4. The molecule has 0 radical (unpaired) electrons. The summed E-state index contributed by atoms with van der Waals surface area (Å²) in [6, 6.07) is 10.3. The number of anilines is 1. The van der Waals surface area contributed by atoms with Gasteiger partial charge in [0.25, 0.3) is 0 Å². The molecule has 28 heavy (non-hydrogen) atoms. The van der Waals surface area contributed by atoms with Crippen LogP contribution in [-0.2, 0) is 6.54 Å². The van der Waals surface area contributed by atoms with Gasteiger partial charge in [0.2, 0.25) is 0 Å². The molecular formula is C22H22ClFN2O2. The van der Waals surface area contributed by atoms with Gasteiger partial charge in [-0.15, -0.1) is 0 Å². The Labute approximate surface area is 168 Å². The lowest BCUT2D eigenvalue weighted by Gasteiger charge is -2.36. The van der Waals surface area contributed by atoms with Crippen LogP contribution in [0.1, 0.15) is 16.7 Å². The van der Waals surface area contributed by atoms with Gasteiger partial charge in [0.1, 0.15) is 11.4 Å². The molecule has 1 aliphatic heterocycles. The molecule has 0 amide bonds. The van der Waals surface area contributed by atoms with Crippen molar-refractivity contribution in [3.05, 3.63) is 74.3 Å². The van der Waals surface area contributed by atoms with Gasteiger partial charge in [-0.2, -0.15) is 0 Å². The maximum absolute atomic E-state index is 14.0. The van der Waals surface area contributed by atoms with E-state index in [1.807, 2.05) is 32.0 Å².